The molecule has 1 fully saturated rings. The van der Waals surface area contributed by atoms with Gasteiger partial charge in [-0.15, -0.1) is 0 Å². The van der Waals surface area contributed by atoms with Gasteiger partial charge in [-0.25, -0.2) is 9.59 Å². The van der Waals surface area contributed by atoms with Crippen molar-refractivity contribution in [2.24, 2.45) is 0 Å². The second-order valence-corrected chi connectivity index (χ2v) is 7.29. The van der Waals surface area contributed by atoms with Crippen LogP contribution in [0.2, 0.25) is 0 Å². The molecule has 0 saturated carbocycles. The Kier molecular flexibility index (Phi) is 7.77. The zero-order chi connectivity index (χ0) is 18.9. The van der Waals surface area contributed by atoms with Gasteiger partial charge in [-0.1, -0.05) is 30.3 Å². The maximum atomic E-state index is 12.1. The molecule has 2 rings (SSSR count). The van der Waals surface area contributed by atoms with E-state index in [0.29, 0.717) is 0 Å². The zero-order valence-electron chi connectivity index (χ0n) is 14.8. The van der Waals surface area contributed by atoms with Crippen molar-refractivity contribution in [3.8, 4) is 0 Å². The summed E-state index contributed by atoms with van der Waals surface area (Å²) >= 11 is 1.82. The SMILES string of the molecule is CN(CCC(=O)N1CCSCC1)C(=O)O[C@@H](Cc1ccccc1)C(=O)O. The molecule has 1 atom stereocenters. The van der Waals surface area contributed by atoms with Crippen LogP contribution in [0.4, 0.5) is 4.79 Å². The lowest BCUT2D eigenvalue weighted by molar-refractivity contribution is -0.147. The summed E-state index contributed by atoms with van der Waals surface area (Å²) in [5, 5.41) is 9.30. The molecule has 1 aliphatic rings. The number of benzene rings is 1. The third-order valence-electron chi connectivity index (χ3n) is 4.12. The number of hydrogen-bond donors (Lipinski definition) is 1. The average Bonchev–Trinajstić information content (AvgIpc) is 2.66. The molecule has 1 heterocycles. The molecule has 142 valence electrons. The summed E-state index contributed by atoms with van der Waals surface area (Å²) in [6, 6.07) is 8.99. The van der Waals surface area contributed by atoms with E-state index in [9.17, 15) is 19.5 Å². The summed E-state index contributed by atoms with van der Waals surface area (Å²) in [7, 11) is 1.50. The molecule has 1 aromatic rings. The highest BCUT2D eigenvalue weighted by atomic mass is 32.2. The van der Waals surface area contributed by atoms with Crippen LogP contribution >= 0.6 is 11.8 Å². The van der Waals surface area contributed by atoms with E-state index in [1.165, 1.54) is 11.9 Å². The molecule has 1 aliphatic heterocycles. The number of hydrogen-bond acceptors (Lipinski definition) is 5. The fourth-order valence-electron chi connectivity index (χ4n) is 2.54. The Hall–Kier alpha value is -2.22. The van der Waals surface area contributed by atoms with Crippen LogP contribution in [0.25, 0.3) is 0 Å². The first-order chi connectivity index (χ1) is 12.5. The van der Waals surface area contributed by atoms with Crippen LogP contribution in [0, 0.1) is 0 Å². The lowest BCUT2D eigenvalue weighted by atomic mass is 10.1. The maximum Gasteiger partial charge on any atom is 0.410 e. The molecule has 0 bridgehead atoms. The van der Waals surface area contributed by atoms with E-state index in [1.807, 2.05) is 17.8 Å². The molecule has 1 N–H and O–H groups in total. The number of carboxylic acid groups (broad SMARTS) is 1. The molecule has 0 aliphatic carbocycles. The van der Waals surface area contributed by atoms with E-state index in [4.69, 9.17) is 4.74 Å². The number of carbonyl (C=O) groups excluding carboxylic acids is 2. The summed E-state index contributed by atoms with van der Waals surface area (Å²) in [5.41, 5.74) is 0.772. The Morgan fingerprint density at radius 2 is 1.88 bits per heavy atom. The predicted molar refractivity (Wildman–Crippen MR) is 99.2 cm³/mol. The van der Waals surface area contributed by atoms with Gasteiger partial charge < -0.3 is 19.6 Å². The number of aliphatic carboxylic acids is 1. The van der Waals surface area contributed by atoms with Crippen molar-refractivity contribution in [3.05, 3.63) is 35.9 Å². The van der Waals surface area contributed by atoms with Gasteiger partial charge >= 0.3 is 12.1 Å². The Morgan fingerprint density at radius 1 is 1.23 bits per heavy atom. The van der Waals surface area contributed by atoms with Gasteiger partial charge in [0.05, 0.1) is 0 Å². The lowest BCUT2D eigenvalue weighted by Crippen LogP contribution is -2.41. The first-order valence-corrected chi connectivity index (χ1v) is 9.67. The van der Waals surface area contributed by atoms with Crippen LogP contribution in [-0.2, 0) is 20.7 Å². The summed E-state index contributed by atoms with van der Waals surface area (Å²) in [6.45, 7) is 1.66. The number of nitrogens with zero attached hydrogens (tertiary/aromatic N) is 2. The van der Waals surface area contributed by atoms with Gasteiger partial charge in [0.2, 0.25) is 12.0 Å². The monoisotopic (exact) mass is 380 g/mol. The molecular formula is C18H24N2O5S. The normalized spacial score (nSPS) is 15.2. The standard InChI is InChI=1S/C18H24N2O5S/c1-19(8-7-16(21)20-9-11-26-12-10-20)18(24)25-15(17(22)23)13-14-5-3-2-4-6-14/h2-6,15H,7-13H2,1H3,(H,22,23)/t15-/m0/s1. The van der Waals surface area contributed by atoms with Crippen LogP contribution < -0.4 is 0 Å². The summed E-state index contributed by atoms with van der Waals surface area (Å²) in [6.07, 6.45) is -1.70. The van der Waals surface area contributed by atoms with E-state index in [1.54, 1.807) is 29.2 Å². The molecule has 0 radical (unpaired) electrons. The van der Waals surface area contributed by atoms with Crippen molar-refractivity contribution in [2.45, 2.75) is 18.9 Å². The van der Waals surface area contributed by atoms with Gasteiger partial charge in [-0.05, 0) is 5.56 Å². The number of amides is 2. The van der Waals surface area contributed by atoms with E-state index in [-0.39, 0.29) is 25.3 Å². The van der Waals surface area contributed by atoms with Crippen molar-refractivity contribution in [2.75, 3.05) is 38.2 Å². The number of carboxylic acids is 1. The molecule has 26 heavy (non-hydrogen) atoms. The van der Waals surface area contributed by atoms with Crippen LogP contribution in [-0.4, -0.2) is 77.2 Å². The van der Waals surface area contributed by atoms with Gasteiger partial charge in [0.25, 0.3) is 0 Å². The highest BCUT2D eigenvalue weighted by molar-refractivity contribution is 7.99. The minimum absolute atomic E-state index is 0.00372. The van der Waals surface area contributed by atoms with E-state index >= 15 is 0 Å². The molecule has 8 heteroatoms. The number of ether oxygens (including phenoxy) is 1. The smallest absolute Gasteiger partial charge is 0.410 e. The zero-order valence-corrected chi connectivity index (χ0v) is 15.6. The molecular weight excluding hydrogens is 356 g/mol. The number of carbonyl (C=O) groups is 3. The minimum atomic E-state index is -1.26. The van der Waals surface area contributed by atoms with E-state index in [2.05, 4.69) is 0 Å². The van der Waals surface area contributed by atoms with E-state index < -0.39 is 18.2 Å². The summed E-state index contributed by atoms with van der Waals surface area (Å²) in [5.74, 6) is 0.675. The molecule has 0 aromatic heterocycles. The molecule has 1 aromatic carbocycles. The van der Waals surface area contributed by atoms with Gasteiger partial charge in [-0.3, -0.25) is 4.79 Å². The van der Waals surface area contributed by atoms with Crippen LogP contribution in [0.1, 0.15) is 12.0 Å². The molecule has 1 saturated heterocycles. The van der Waals surface area contributed by atoms with Crippen LogP contribution in [0.5, 0.6) is 0 Å². The average molecular weight is 380 g/mol. The minimum Gasteiger partial charge on any atom is -0.478 e. The van der Waals surface area contributed by atoms with Gasteiger partial charge in [-0.2, -0.15) is 11.8 Å². The predicted octanol–water partition coefficient (Wildman–Crippen LogP) is 1.72. The van der Waals surface area contributed by atoms with Crippen molar-refractivity contribution in [1.82, 2.24) is 9.80 Å². The highest BCUT2D eigenvalue weighted by Gasteiger charge is 2.25. The Bertz CT molecular complexity index is 619. The third kappa shape index (κ3) is 6.25. The summed E-state index contributed by atoms with van der Waals surface area (Å²) < 4.78 is 5.11. The highest BCUT2D eigenvalue weighted by Crippen LogP contribution is 2.11. The number of rotatable bonds is 7. The van der Waals surface area contributed by atoms with Gasteiger partial charge in [0.1, 0.15) is 0 Å². The summed E-state index contributed by atoms with van der Waals surface area (Å²) in [4.78, 5) is 38.7. The maximum absolute atomic E-state index is 12.1. The first kappa shape index (κ1) is 20.1. The van der Waals surface area contributed by atoms with Crippen molar-refractivity contribution >= 4 is 29.7 Å². The Labute approximate surface area is 157 Å². The Balaban J connectivity index is 1.81. The molecule has 2 amide bonds. The van der Waals surface area contributed by atoms with Gasteiger partial charge in [0.15, 0.2) is 0 Å². The molecule has 0 unspecified atom stereocenters. The lowest BCUT2D eigenvalue weighted by Gasteiger charge is -2.27. The van der Waals surface area contributed by atoms with Crippen molar-refractivity contribution < 1.29 is 24.2 Å². The first-order valence-electron chi connectivity index (χ1n) is 8.51. The topological polar surface area (TPSA) is 87.2 Å². The second kappa shape index (κ2) is 10.1. The number of thioether (sulfide) groups is 1. The largest absolute Gasteiger partial charge is 0.478 e. The van der Waals surface area contributed by atoms with Gasteiger partial charge in [0, 0.05) is 51.0 Å². The molecule has 7 nitrogen and oxygen atoms in total. The third-order valence-corrected chi connectivity index (χ3v) is 5.06. The Morgan fingerprint density at radius 3 is 2.50 bits per heavy atom. The molecule has 0 spiro atoms. The van der Waals surface area contributed by atoms with Crippen molar-refractivity contribution in [1.29, 1.82) is 0 Å². The second-order valence-electron chi connectivity index (χ2n) is 6.07. The van der Waals surface area contributed by atoms with Crippen LogP contribution in [0.3, 0.4) is 0 Å². The fraction of sp³-hybridized carbons (Fsp3) is 0.500. The van der Waals surface area contributed by atoms with Crippen LogP contribution in [0.15, 0.2) is 30.3 Å². The quantitative estimate of drug-likeness (QED) is 0.775. The van der Waals surface area contributed by atoms with E-state index in [0.717, 1.165) is 30.2 Å². The fourth-order valence-corrected chi connectivity index (χ4v) is 3.45. The van der Waals surface area contributed by atoms with Crippen molar-refractivity contribution in [3.63, 3.8) is 0 Å².